The molecule has 0 aliphatic rings. The maximum absolute atomic E-state index is 12.5. The predicted octanol–water partition coefficient (Wildman–Crippen LogP) is 3.85. The molecule has 1 aromatic heterocycles. The van der Waals surface area contributed by atoms with Crippen LogP contribution in [0.25, 0.3) is 6.08 Å². The van der Waals surface area contributed by atoms with Gasteiger partial charge in [-0.25, -0.2) is 4.79 Å². The SMILES string of the molecule is CCOC(=O)c1c(NC(=O)/C=C/c2ccccc2OC(F)F)sc(C(=O)NC)c1C. The van der Waals surface area contributed by atoms with Crippen LogP contribution in [0.3, 0.4) is 0 Å². The first-order valence-corrected chi connectivity index (χ1v) is 9.65. The van der Waals surface area contributed by atoms with Crippen LogP contribution in [-0.4, -0.2) is 38.0 Å². The maximum atomic E-state index is 12.5. The van der Waals surface area contributed by atoms with E-state index in [1.54, 1.807) is 19.9 Å². The van der Waals surface area contributed by atoms with Crippen LogP contribution in [0.2, 0.25) is 0 Å². The van der Waals surface area contributed by atoms with Gasteiger partial charge < -0.3 is 20.1 Å². The molecule has 0 aliphatic heterocycles. The number of ether oxygens (including phenoxy) is 2. The third-order valence-electron chi connectivity index (χ3n) is 3.85. The molecule has 0 atom stereocenters. The highest BCUT2D eigenvalue weighted by atomic mass is 32.1. The Morgan fingerprint density at radius 1 is 1.23 bits per heavy atom. The molecule has 2 amide bonds. The van der Waals surface area contributed by atoms with Crippen LogP contribution in [0.5, 0.6) is 5.75 Å². The Bertz CT molecular complexity index is 972. The highest BCUT2D eigenvalue weighted by molar-refractivity contribution is 7.18. The van der Waals surface area contributed by atoms with Crippen LogP contribution >= 0.6 is 11.3 Å². The highest BCUT2D eigenvalue weighted by Crippen LogP contribution is 2.34. The quantitative estimate of drug-likeness (QED) is 0.482. The summed E-state index contributed by atoms with van der Waals surface area (Å²) in [6, 6.07) is 5.98. The average Bonchev–Trinajstić information content (AvgIpc) is 3.02. The van der Waals surface area contributed by atoms with Crippen LogP contribution < -0.4 is 15.4 Å². The van der Waals surface area contributed by atoms with Gasteiger partial charge in [-0.15, -0.1) is 11.3 Å². The van der Waals surface area contributed by atoms with Crippen molar-refractivity contribution < 1.29 is 32.6 Å². The minimum Gasteiger partial charge on any atom is -0.462 e. The van der Waals surface area contributed by atoms with Crippen molar-refractivity contribution >= 4 is 40.2 Å². The summed E-state index contributed by atoms with van der Waals surface area (Å²) in [5.41, 5.74) is 0.739. The molecule has 2 aromatic rings. The number of esters is 1. The van der Waals surface area contributed by atoms with E-state index in [2.05, 4.69) is 15.4 Å². The lowest BCUT2D eigenvalue weighted by atomic mass is 10.1. The molecule has 2 N–H and O–H groups in total. The number of anilines is 1. The number of halogens is 2. The first-order chi connectivity index (χ1) is 14.3. The van der Waals surface area contributed by atoms with Crippen molar-refractivity contribution in [2.24, 2.45) is 0 Å². The Balaban J connectivity index is 2.29. The van der Waals surface area contributed by atoms with Gasteiger partial charge in [0.05, 0.1) is 17.0 Å². The van der Waals surface area contributed by atoms with Crippen LogP contribution in [0.1, 0.15) is 38.1 Å². The molecule has 0 bridgehead atoms. The molecule has 30 heavy (non-hydrogen) atoms. The number of rotatable bonds is 8. The molecule has 0 saturated heterocycles. The summed E-state index contributed by atoms with van der Waals surface area (Å²) in [5, 5.41) is 5.17. The Labute approximate surface area is 175 Å². The minimum atomic E-state index is -3.00. The molecular formula is C20H20F2N2O5S. The number of benzene rings is 1. The van der Waals surface area contributed by atoms with Crippen molar-refractivity contribution in [3.63, 3.8) is 0 Å². The molecule has 10 heteroatoms. The van der Waals surface area contributed by atoms with Gasteiger partial charge in [-0.05, 0) is 31.6 Å². The Hall–Kier alpha value is -3.27. The van der Waals surface area contributed by atoms with Gasteiger partial charge in [-0.3, -0.25) is 9.59 Å². The van der Waals surface area contributed by atoms with Gasteiger partial charge in [0.15, 0.2) is 0 Å². The van der Waals surface area contributed by atoms with E-state index in [0.29, 0.717) is 5.56 Å². The number of alkyl halides is 2. The van der Waals surface area contributed by atoms with Gasteiger partial charge in [0.1, 0.15) is 10.8 Å². The Morgan fingerprint density at radius 3 is 2.57 bits per heavy atom. The first kappa shape index (κ1) is 23.0. The molecule has 160 valence electrons. The molecule has 0 saturated carbocycles. The van der Waals surface area contributed by atoms with Gasteiger partial charge in [0.25, 0.3) is 5.91 Å². The summed E-state index contributed by atoms with van der Waals surface area (Å²) >= 11 is 0.932. The van der Waals surface area contributed by atoms with E-state index in [9.17, 15) is 23.2 Å². The van der Waals surface area contributed by atoms with E-state index in [4.69, 9.17) is 4.74 Å². The van der Waals surface area contributed by atoms with Crippen molar-refractivity contribution in [1.82, 2.24) is 5.32 Å². The lowest BCUT2D eigenvalue weighted by molar-refractivity contribution is -0.111. The fourth-order valence-corrected chi connectivity index (χ4v) is 3.67. The number of amides is 2. The van der Waals surface area contributed by atoms with E-state index in [1.165, 1.54) is 31.3 Å². The fourth-order valence-electron chi connectivity index (χ4n) is 2.52. The molecule has 7 nitrogen and oxygen atoms in total. The summed E-state index contributed by atoms with van der Waals surface area (Å²) in [6.07, 6.45) is 2.41. The van der Waals surface area contributed by atoms with Gasteiger partial charge >= 0.3 is 12.6 Å². The van der Waals surface area contributed by atoms with E-state index >= 15 is 0 Å². The molecule has 0 aliphatic carbocycles. The van der Waals surface area contributed by atoms with Gasteiger partial charge in [-0.2, -0.15) is 8.78 Å². The third kappa shape index (κ3) is 5.63. The predicted molar refractivity (Wildman–Crippen MR) is 109 cm³/mol. The minimum absolute atomic E-state index is 0.0855. The zero-order valence-corrected chi connectivity index (χ0v) is 17.3. The number of hydrogen-bond donors (Lipinski definition) is 2. The van der Waals surface area contributed by atoms with Crippen LogP contribution in [-0.2, 0) is 9.53 Å². The summed E-state index contributed by atoms with van der Waals surface area (Å²) in [6.45, 7) is 0.339. The van der Waals surface area contributed by atoms with Crippen LogP contribution in [0, 0.1) is 6.92 Å². The standard InChI is InChI=1S/C20H20F2N2O5S/c1-4-28-19(27)15-11(2)16(17(26)23-3)30-18(15)24-14(25)10-9-12-7-5-6-8-13(12)29-20(21)22/h5-10,20H,4H2,1-3H3,(H,23,26)(H,24,25)/b10-9+. The summed E-state index contributed by atoms with van der Waals surface area (Å²) in [5.74, 6) is -1.79. The lowest BCUT2D eigenvalue weighted by Crippen LogP contribution is -2.17. The van der Waals surface area contributed by atoms with E-state index in [-0.39, 0.29) is 33.4 Å². The van der Waals surface area contributed by atoms with E-state index in [1.807, 2.05) is 0 Å². The van der Waals surface area contributed by atoms with Crippen LogP contribution in [0.4, 0.5) is 13.8 Å². The second kappa shape index (κ2) is 10.5. The zero-order valence-electron chi connectivity index (χ0n) is 16.5. The zero-order chi connectivity index (χ0) is 22.3. The van der Waals surface area contributed by atoms with Crippen molar-refractivity contribution in [1.29, 1.82) is 0 Å². The number of thiophene rings is 1. The molecule has 0 unspecified atom stereocenters. The number of nitrogens with one attached hydrogen (secondary N) is 2. The summed E-state index contributed by atoms with van der Waals surface area (Å²) < 4.78 is 34.4. The molecule has 1 aromatic carbocycles. The number of para-hydroxylation sites is 1. The number of carbonyl (C=O) groups excluding carboxylic acids is 3. The topological polar surface area (TPSA) is 93.7 Å². The third-order valence-corrected chi connectivity index (χ3v) is 5.05. The Morgan fingerprint density at radius 2 is 1.93 bits per heavy atom. The van der Waals surface area contributed by atoms with Crippen LogP contribution in [0.15, 0.2) is 30.3 Å². The second-order valence-corrected chi connectivity index (χ2v) is 6.82. The molecule has 0 spiro atoms. The smallest absolute Gasteiger partial charge is 0.387 e. The first-order valence-electron chi connectivity index (χ1n) is 8.83. The molecule has 0 radical (unpaired) electrons. The summed E-state index contributed by atoms with van der Waals surface area (Å²) in [4.78, 5) is 37.0. The van der Waals surface area contributed by atoms with Crippen molar-refractivity contribution in [2.75, 3.05) is 19.0 Å². The van der Waals surface area contributed by atoms with Crippen molar-refractivity contribution in [3.8, 4) is 5.75 Å². The molecule has 1 heterocycles. The number of carbonyl (C=O) groups is 3. The van der Waals surface area contributed by atoms with E-state index < -0.39 is 24.4 Å². The second-order valence-electron chi connectivity index (χ2n) is 5.80. The van der Waals surface area contributed by atoms with Gasteiger partial charge in [0.2, 0.25) is 5.91 Å². The highest BCUT2D eigenvalue weighted by Gasteiger charge is 2.25. The van der Waals surface area contributed by atoms with E-state index in [0.717, 1.165) is 17.4 Å². The van der Waals surface area contributed by atoms with Crippen molar-refractivity contribution in [3.05, 3.63) is 51.9 Å². The monoisotopic (exact) mass is 438 g/mol. The maximum Gasteiger partial charge on any atom is 0.387 e. The lowest BCUT2D eigenvalue weighted by Gasteiger charge is -2.07. The number of hydrogen-bond acceptors (Lipinski definition) is 6. The Kier molecular flexibility index (Phi) is 8.05. The molecule has 2 rings (SSSR count). The average molecular weight is 438 g/mol. The van der Waals surface area contributed by atoms with Gasteiger partial charge in [0, 0.05) is 18.7 Å². The van der Waals surface area contributed by atoms with Gasteiger partial charge in [-0.1, -0.05) is 18.2 Å². The summed E-state index contributed by atoms with van der Waals surface area (Å²) in [7, 11) is 1.45. The normalized spacial score (nSPS) is 10.9. The van der Waals surface area contributed by atoms with Crippen molar-refractivity contribution in [2.45, 2.75) is 20.5 Å². The largest absolute Gasteiger partial charge is 0.462 e. The fraction of sp³-hybridized carbons (Fsp3) is 0.250. The molecule has 0 fully saturated rings. The molecular weight excluding hydrogens is 418 g/mol.